The van der Waals surface area contributed by atoms with Crippen LogP contribution < -0.4 is 5.32 Å². The van der Waals surface area contributed by atoms with Gasteiger partial charge < -0.3 is 5.32 Å². The van der Waals surface area contributed by atoms with Crippen LogP contribution in [0.3, 0.4) is 0 Å². The van der Waals surface area contributed by atoms with E-state index in [0.717, 1.165) is 15.4 Å². The standard InChI is InChI=1S/C14H12F3N5O3/c15-14(16,17)8-2-1-5-21-9(19-20-13(8)21)6-18-10(23)7-22-11(24)3-4-12(22)25/h1-2,5H,3-4,6-7H2,(H,18,23). The Morgan fingerprint density at radius 1 is 1.20 bits per heavy atom. The third-order valence-electron chi connectivity index (χ3n) is 3.71. The van der Waals surface area contributed by atoms with Crippen molar-refractivity contribution >= 4 is 23.4 Å². The van der Waals surface area contributed by atoms with Gasteiger partial charge in [-0.3, -0.25) is 23.7 Å². The van der Waals surface area contributed by atoms with E-state index in [1.165, 1.54) is 12.3 Å². The molecule has 25 heavy (non-hydrogen) atoms. The van der Waals surface area contributed by atoms with Gasteiger partial charge in [0.2, 0.25) is 17.7 Å². The highest BCUT2D eigenvalue weighted by Crippen LogP contribution is 2.31. The zero-order valence-corrected chi connectivity index (χ0v) is 12.7. The van der Waals surface area contributed by atoms with E-state index in [1.807, 2.05) is 0 Å². The minimum atomic E-state index is -4.58. The smallest absolute Gasteiger partial charge is 0.347 e. The Hall–Kier alpha value is -2.98. The van der Waals surface area contributed by atoms with Crippen molar-refractivity contribution in [2.75, 3.05) is 6.54 Å². The molecule has 0 aliphatic carbocycles. The van der Waals surface area contributed by atoms with Crippen molar-refractivity contribution in [1.29, 1.82) is 0 Å². The summed E-state index contributed by atoms with van der Waals surface area (Å²) in [4.78, 5) is 35.6. The molecule has 11 heteroatoms. The van der Waals surface area contributed by atoms with Crippen LogP contribution in [0, 0.1) is 0 Å². The van der Waals surface area contributed by atoms with Crippen LogP contribution in [-0.4, -0.2) is 43.8 Å². The molecule has 3 amide bonds. The zero-order valence-electron chi connectivity index (χ0n) is 12.7. The van der Waals surface area contributed by atoms with Crippen molar-refractivity contribution in [3.05, 3.63) is 29.7 Å². The van der Waals surface area contributed by atoms with E-state index in [9.17, 15) is 27.6 Å². The molecule has 1 aliphatic rings. The number of halogens is 3. The minimum Gasteiger partial charge on any atom is -0.347 e. The minimum absolute atomic E-state index is 0.0706. The molecule has 0 aromatic carbocycles. The molecule has 0 saturated carbocycles. The number of carbonyl (C=O) groups is 3. The number of hydrogen-bond donors (Lipinski definition) is 1. The highest BCUT2D eigenvalue weighted by Gasteiger charge is 2.34. The van der Waals surface area contributed by atoms with Gasteiger partial charge in [0.1, 0.15) is 12.1 Å². The SMILES string of the molecule is O=C(CN1C(=O)CCC1=O)NCc1nnc2c(C(F)(F)F)cccn12. The predicted molar refractivity (Wildman–Crippen MR) is 75.8 cm³/mol. The molecule has 132 valence electrons. The Kier molecular flexibility index (Phi) is 4.15. The van der Waals surface area contributed by atoms with Crippen molar-refractivity contribution in [3.63, 3.8) is 0 Å². The molecule has 0 unspecified atom stereocenters. The number of fused-ring (bicyclic) bond motifs is 1. The third kappa shape index (κ3) is 3.30. The summed E-state index contributed by atoms with van der Waals surface area (Å²) in [6.45, 7) is -0.625. The lowest BCUT2D eigenvalue weighted by Gasteiger charge is -2.13. The quantitative estimate of drug-likeness (QED) is 0.807. The van der Waals surface area contributed by atoms with Crippen LogP contribution in [0.5, 0.6) is 0 Å². The number of amides is 3. The Morgan fingerprint density at radius 2 is 1.88 bits per heavy atom. The van der Waals surface area contributed by atoms with Crippen LogP contribution >= 0.6 is 0 Å². The molecule has 2 aromatic rings. The summed E-state index contributed by atoms with van der Waals surface area (Å²) >= 11 is 0. The number of rotatable bonds is 4. The van der Waals surface area contributed by atoms with Crippen LogP contribution in [0.15, 0.2) is 18.3 Å². The highest BCUT2D eigenvalue weighted by molar-refractivity contribution is 6.04. The Balaban J connectivity index is 1.71. The first-order valence-electron chi connectivity index (χ1n) is 7.27. The van der Waals surface area contributed by atoms with Gasteiger partial charge in [0.05, 0.1) is 6.54 Å². The molecule has 8 nitrogen and oxygen atoms in total. The van der Waals surface area contributed by atoms with Crippen molar-refractivity contribution in [3.8, 4) is 0 Å². The fourth-order valence-corrected chi connectivity index (χ4v) is 2.48. The van der Waals surface area contributed by atoms with Gasteiger partial charge >= 0.3 is 6.18 Å². The van der Waals surface area contributed by atoms with Crippen LogP contribution in [0.25, 0.3) is 5.65 Å². The fourth-order valence-electron chi connectivity index (χ4n) is 2.48. The summed E-state index contributed by atoms with van der Waals surface area (Å²) in [6, 6.07) is 2.09. The Bertz CT molecular complexity index is 845. The number of nitrogens with zero attached hydrogens (tertiary/aromatic N) is 4. The number of imide groups is 1. The van der Waals surface area contributed by atoms with E-state index in [2.05, 4.69) is 15.5 Å². The molecule has 1 fully saturated rings. The van der Waals surface area contributed by atoms with Gasteiger partial charge in [0, 0.05) is 19.0 Å². The second kappa shape index (κ2) is 6.15. The number of nitrogens with one attached hydrogen (secondary N) is 1. The van der Waals surface area contributed by atoms with Gasteiger partial charge in [-0.05, 0) is 12.1 Å². The summed E-state index contributed by atoms with van der Waals surface area (Å²) in [5, 5.41) is 9.58. The normalized spacial score (nSPS) is 15.2. The molecular formula is C14H12F3N5O3. The van der Waals surface area contributed by atoms with Gasteiger partial charge in [-0.15, -0.1) is 10.2 Å². The molecule has 1 N–H and O–H groups in total. The molecule has 0 radical (unpaired) electrons. The fraction of sp³-hybridized carbons (Fsp3) is 0.357. The molecule has 0 atom stereocenters. The third-order valence-corrected chi connectivity index (χ3v) is 3.71. The Morgan fingerprint density at radius 3 is 2.52 bits per heavy atom. The topological polar surface area (TPSA) is 96.7 Å². The first-order chi connectivity index (χ1) is 11.8. The number of hydrogen-bond acceptors (Lipinski definition) is 5. The zero-order chi connectivity index (χ0) is 18.2. The van der Waals surface area contributed by atoms with Crippen molar-refractivity contribution in [2.45, 2.75) is 25.6 Å². The van der Waals surface area contributed by atoms with E-state index in [-0.39, 0.29) is 30.9 Å². The summed E-state index contributed by atoms with van der Waals surface area (Å²) in [5.74, 6) is -1.38. The molecule has 3 heterocycles. The number of pyridine rings is 1. The molecule has 3 rings (SSSR count). The van der Waals surface area contributed by atoms with E-state index < -0.39 is 36.0 Å². The maximum absolute atomic E-state index is 12.9. The number of likely N-dealkylation sites (tertiary alicyclic amines) is 1. The molecule has 1 aliphatic heterocycles. The second-order valence-electron chi connectivity index (χ2n) is 5.38. The van der Waals surface area contributed by atoms with Crippen molar-refractivity contribution in [1.82, 2.24) is 24.8 Å². The van der Waals surface area contributed by atoms with E-state index >= 15 is 0 Å². The highest BCUT2D eigenvalue weighted by atomic mass is 19.4. The number of carbonyl (C=O) groups excluding carboxylic acids is 3. The first-order valence-corrected chi connectivity index (χ1v) is 7.27. The lowest BCUT2D eigenvalue weighted by Crippen LogP contribution is -2.39. The lowest BCUT2D eigenvalue weighted by molar-refractivity contribution is -0.142. The largest absolute Gasteiger partial charge is 0.420 e. The van der Waals surface area contributed by atoms with Crippen LogP contribution in [0.2, 0.25) is 0 Å². The number of aromatic nitrogens is 3. The van der Waals surface area contributed by atoms with Crippen LogP contribution in [0.4, 0.5) is 13.2 Å². The maximum Gasteiger partial charge on any atom is 0.420 e. The molecule has 2 aromatic heterocycles. The van der Waals surface area contributed by atoms with Gasteiger partial charge in [-0.2, -0.15) is 13.2 Å². The van der Waals surface area contributed by atoms with Crippen LogP contribution in [-0.2, 0) is 27.1 Å². The van der Waals surface area contributed by atoms with Crippen molar-refractivity contribution in [2.24, 2.45) is 0 Å². The summed E-state index contributed by atoms with van der Waals surface area (Å²) < 4.78 is 39.9. The van der Waals surface area contributed by atoms with E-state index in [4.69, 9.17) is 0 Å². The van der Waals surface area contributed by atoms with Crippen molar-refractivity contribution < 1.29 is 27.6 Å². The van der Waals surface area contributed by atoms with Gasteiger partial charge in [-0.25, -0.2) is 0 Å². The summed E-state index contributed by atoms with van der Waals surface area (Å²) in [5.41, 5.74) is -1.31. The summed E-state index contributed by atoms with van der Waals surface area (Å²) in [7, 11) is 0. The van der Waals surface area contributed by atoms with E-state index in [1.54, 1.807) is 0 Å². The average Bonchev–Trinajstić information content (AvgIpc) is 3.10. The summed E-state index contributed by atoms with van der Waals surface area (Å²) in [6.07, 6.45) is -3.09. The lowest BCUT2D eigenvalue weighted by atomic mass is 10.2. The van der Waals surface area contributed by atoms with E-state index in [0.29, 0.717) is 0 Å². The first kappa shape index (κ1) is 16.9. The second-order valence-corrected chi connectivity index (χ2v) is 5.38. The average molecular weight is 355 g/mol. The number of alkyl halides is 3. The van der Waals surface area contributed by atoms with Crippen LogP contribution in [0.1, 0.15) is 24.2 Å². The maximum atomic E-state index is 12.9. The monoisotopic (exact) mass is 355 g/mol. The molecule has 1 saturated heterocycles. The molecular weight excluding hydrogens is 343 g/mol. The Labute approximate surface area is 138 Å². The molecule has 0 spiro atoms. The van der Waals surface area contributed by atoms with Gasteiger partial charge in [0.15, 0.2) is 11.5 Å². The predicted octanol–water partition coefficient (Wildman–Crippen LogP) is 0.513. The van der Waals surface area contributed by atoms with Gasteiger partial charge in [0.25, 0.3) is 0 Å². The molecule has 0 bridgehead atoms. The van der Waals surface area contributed by atoms with Gasteiger partial charge in [-0.1, -0.05) is 0 Å².